The second-order valence-corrected chi connectivity index (χ2v) is 18.8. The summed E-state index contributed by atoms with van der Waals surface area (Å²) in [4.78, 5) is 74.7. The van der Waals surface area contributed by atoms with E-state index < -0.39 is 66.2 Å². The van der Waals surface area contributed by atoms with Crippen LogP contribution in [0.5, 0.6) is 0 Å². The Kier molecular flexibility index (Phi) is 18.9. The molecule has 2 aromatic heterocycles. The molecule has 15 heteroatoms. The lowest BCUT2D eigenvalue weighted by molar-refractivity contribution is -0.132. The second-order valence-electron chi connectivity index (χ2n) is 18.8. The number of H-pyrrole nitrogens is 2. The molecule has 0 aliphatic carbocycles. The topological polar surface area (TPSA) is 235 Å². The average molecular weight is 872 g/mol. The third-order valence-corrected chi connectivity index (χ3v) is 11.7. The van der Waals surface area contributed by atoms with E-state index in [4.69, 9.17) is 5.73 Å². The molecule has 2 heterocycles. The molecule has 11 N–H and O–H groups in total. The Hall–Kier alpha value is -5.09. The van der Waals surface area contributed by atoms with Gasteiger partial charge in [-0.1, -0.05) is 106 Å². The van der Waals surface area contributed by atoms with E-state index in [2.05, 4.69) is 41.9 Å². The largest absolute Gasteiger partial charge is 0.377 e. The van der Waals surface area contributed by atoms with Gasteiger partial charge in [-0.15, -0.1) is 0 Å². The number of aldehydes is 1. The van der Waals surface area contributed by atoms with Gasteiger partial charge in [-0.2, -0.15) is 0 Å². The van der Waals surface area contributed by atoms with Gasteiger partial charge in [-0.25, -0.2) is 0 Å². The van der Waals surface area contributed by atoms with Crippen molar-refractivity contribution >= 4 is 51.7 Å². The van der Waals surface area contributed by atoms with E-state index in [1.165, 1.54) is 0 Å². The summed E-state index contributed by atoms with van der Waals surface area (Å²) in [5.41, 5.74) is 9.83. The van der Waals surface area contributed by atoms with Gasteiger partial charge in [0.05, 0.1) is 18.1 Å². The molecule has 346 valence electrons. The summed E-state index contributed by atoms with van der Waals surface area (Å²) in [6.07, 6.45) is 4.27. The van der Waals surface area contributed by atoms with E-state index in [-0.39, 0.29) is 54.9 Å². The van der Waals surface area contributed by atoms with Crippen molar-refractivity contribution in [2.24, 2.45) is 35.3 Å². The van der Waals surface area contributed by atoms with Crippen LogP contribution in [0.25, 0.3) is 21.8 Å². The minimum atomic E-state index is -1.14. The van der Waals surface area contributed by atoms with Crippen molar-refractivity contribution in [3.05, 3.63) is 72.1 Å². The molecule has 4 rings (SSSR count). The number of amides is 4. The standard InChI is InChI=1S/C48H73N9O6/c1-26(2)19-36(49)44(59)56-43(30(9)10)48(63)54-39(21-32-23-51-38-18-14-12-16-35(32)38)45(60)55-40(27(3)4)24-52-41(28(5)6)46(61)57-42(29(7)8)47(62)53-33(25-58)20-31-22-50-37-17-13-11-15-34(31)37/h11-18,22-23,25-30,33,36,39-44,50-52,56,59H,19-21,24,49H2,1-10H3,(H,53,62)(H,54,63)(H,55,60)(H,57,61)/t33-,36+,39+,40+,41-,42+,43-,44?/m0/s1. The van der Waals surface area contributed by atoms with Crippen LogP contribution in [0.3, 0.4) is 0 Å². The Morgan fingerprint density at radius 1 is 0.635 bits per heavy atom. The maximum Gasteiger partial charge on any atom is 0.243 e. The first-order chi connectivity index (χ1) is 29.8. The predicted octanol–water partition coefficient (Wildman–Crippen LogP) is 3.80. The molecule has 63 heavy (non-hydrogen) atoms. The summed E-state index contributed by atoms with van der Waals surface area (Å²) in [6.45, 7) is 19.3. The number of benzene rings is 2. The normalized spacial score (nSPS) is 15.9. The highest BCUT2D eigenvalue weighted by molar-refractivity contribution is 5.93. The molecular weight excluding hydrogens is 799 g/mol. The summed E-state index contributed by atoms with van der Waals surface area (Å²) in [5, 5.41) is 31.1. The van der Waals surface area contributed by atoms with Crippen LogP contribution in [0.15, 0.2) is 60.9 Å². The Bertz CT molecular complexity index is 2110. The summed E-state index contributed by atoms with van der Waals surface area (Å²) < 4.78 is 0. The van der Waals surface area contributed by atoms with Gasteiger partial charge < -0.3 is 52.2 Å². The summed E-state index contributed by atoms with van der Waals surface area (Å²) in [6, 6.07) is 10.1. The molecule has 0 saturated heterocycles. The quantitative estimate of drug-likeness (QED) is 0.0344. The van der Waals surface area contributed by atoms with Crippen molar-refractivity contribution in [3.63, 3.8) is 0 Å². The number of hydrogen-bond acceptors (Lipinski definition) is 9. The molecule has 15 nitrogen and oxygen atoms in total. The first-order valence-corrected chi connectivity index (χ1v) is 22.5. The Morgan fingerprint density at radius 3 is 1.65 bits per heavy atom. The van der Waals surface area contributed by atoms with Crippen LogP contribution in [0.1, 0.15) is 86.8 Å². The van der Waals surface area contributed by atoms with E-state index in [0.29, 0.717) is 12.7 Å². The number of aromatic amines is 2. The third-order valence-electron chi connectivity index (χ3n) is 11.7. The van der Waals surface area contributed by atoms with Crippen LogP contribution < -0.4 is 37.6 Å². The van der Waals surface area contributed by atoms with E-state index in [1.807, 2.05) is 130 Å². The number of fused-ring (bicyclic) bond motifs is 2. The molecule has 0 fully saturated rings. The summed E-state index contributed by atoms with van der Waals surface area (Å²) >= 11 is 0. The number of rotatable bonds is 25. The molecule has 0 radical (unpaired) electrons. The predicted molar refractivity (Wildman–Crippen MR) is 249 cm³/mol. The summed E-state index contributed by atoms with van der Waals surface area (Å²) in [7, 11) is 0. The van der Waals surface area contributed by atoms with Gasteiger partial charge in [-0.05, 0) is 59.3 Å². The fraction of sp³-hybridized carbons (Fsp3) is 0.562. The first kappa shape index (κ1) is 50.6. The average Bonchev–Trinajstić information content (AvgIpc) is 3.83. The molecule has 0 aliphatic heterocycles. The van der Waals surface area contributed by atoms with Crippen molar-refractivity contribution in [1.29, 1.82) is 0 Å². The smallest absolute Gasteiger partial charge is 0.243 e. The fourth-order valence-electron chi connectivity index (χ4n) is 7.89. The Balaban J connectivity index is 1.47. The summed E-state index contributed by atoms with van der Waals surface area (Å²) in [5.74, 6) is -2.29. The van der Waals surface area contributed by atoms with Crippen molar-refractivity contribution < 1.29 is 29.1 Å². The van der Waals surface area contributed by atoms with Gasteiger partial charge in [0.25, 0.3) is 0 Å². The van der Waals surface area contributed by atoms with Crippen LogP contribution in [0, 0.1) is 29.6 Å². The second kappa shape index (κ2) is 23.6. The van der Waals surface area contributed by atoms with Crippen molar-refractivity contribution in [2.45, 2.75) is 137 Å². The zero-order chi connectivity index (χ0) is 46.5. The highest BCUT2D eigenvalue weighted by atomic mass is 16.3. The lowest BCUT2D eigenvalue weighted by atomic mass is 9.97. The van der Waals surface area contributed by atoms with E-state index >= 15 is 0 Å². The van der Waals surface area contributed by atoms with E-state index in [0.717, 1.165) is 32.9 Å². The highest BCUT2D eigenvalue weighted by Gasteiger charge is 2.34. The molecule has 4 aromatic rings. The SMILES string of the molecule is CC(C)C[C@@H](N)C(O)N[C@H](C(=O)N[C@H](Cc1c[nH]c2ccccc12)C(=O)N[C@H](CN[C@H](C(=O)N[C@@H](C(=O)N[C@H](C=O)Cc1c[nH]c2ccccc12)C(C)C)C(C)C)C(C)C)C(C)C. The third kappa shape index (κ3) is 14.2. The zero-order valence-electron chi connectivity index (χ0n) is 38.8. The Morgan fingerprint density at radius 2 is 1.14 bits per heavy atom. The van der Waals surface area contributed by atoms with Crippen LogP contribution in [-0.4, -0.2) is 100 Å². The van der Waals surface area contributed by atoms with Gasteiger partial charge in [0.15, 0.2) is 0 Å². The zero-order valence-corrected chi connectivity index (χ0v) is 38.8. The minimum absolute atomic E-state index is 0.0870. The molecule has 0 spiro atoms. The van der Waals surface area contributed by atoms with E-state index in [9.17, 15) is 29.1 Å². The number of hydrogen-bond donors (Lipinski definition) is 10. The number of carbonyl (C=O) groups is 5. The lowest BCUT2D eigenvalue weighted by Crippen LogP contribution is -2.61. The minimum Gasteiger partial charge on any atom is -0.377 e. The molecule has 0 bridgehead atoms. The maximum atomic E-state index is 14.4. The molecule has 0 aliphatic rings. The van der Waals surface area contributed by atoms with Crippen LogP contribution in [0.4, 0.5) is 0 Å². The van der Waals surface area contributed by atoms with Crippen LogP contribution in [0.2, 0.25) is 0 Å². The van der Waals surface area contributed by atoms with Crippen molar-refractivity contribution in [3.8, 4) is 0 Å². The van der Waals surface area contributed by atoms with Crippen LogP contribution >= 0.6 is 0 Å². The number of nitrogens with one attached hydrogen (secondary N) is 8. The molecule has 0 saturated carbocycles. The number of aliphatic hydroxyl groups excluding tert-OH is 1. The number of aromatic nitrogens is 2. The molecule has 2 aromatic carbocycles. The van der Waals surface area contributed by atoms with Gasteiger partial charge in [0.1, 0.15) is 24.6 Å². The Labute approximate surface area is 372 Å². The van der Waals surface area contributed by atoms with Crippen molar-refractivity contribution in [1.82, 2.24) is 41.9 Å². The number of nitrogens with two attached hydrogens (primary N) is 1. The molecular formula is C48H73N9O6. The first-order valence-electron chi connectivity index (χ1n) is 22.5. The number of para-hydroxylation sites is 2. The van der Waals surface area contributed by atoms with Crippen molar-refractivity contribution in [2.75, 3.05) is 6.54 Å². The fourth-order valence-corrected chi connectivity index (χ4v) is 7.89. The van der Waals surface area contributed by atoms with Gasteiger partial charge in [-0.3, -0.25) is 24.5 Å². The highest BCUT2D eigenvalue weighted by Crippen LogP contribution is 2.21. The number of carbonyl (C=O) groups excluding carboxylic acids is 5. The van der Waals surface area contributed by atoms with Gasteiger partial charge >= 0.3 is 0 Å². The lowest BCUT2D eigenvalue weighted by Gasteiger charge is -2.32. The van der Waals surface area contributed by atoms with Gasteiger partial charge in [0, 0.05) is 65.7 Å². The van der Waals surface area contributed by atoms with E-state index in [1.54, 1.807) is 0 Å². The van der Waals surface area contributed by atoms with Crippen LogP contribution in [-0.2, 0) is 36.8 Å². The monoisotopic (exact) mass is 872 g/mol. The molecule has 1 unspecified atom stereocenters. The van der Waals surface area contributed by atoms with Gasteiger partial charge in [0.2, 0.25) is 23.6 Å². The molecule has 4 amide bonds. The number of aliphatic hydroxyl groups is 1. The molecule has 8 atom stereocenters. The maximum absolute atomic E-state index is 14.4.